The molecule has 0 fully saturated rings. The van der Waals surface area contributed by atoms with Crippen LogP contribution in [-0.4, -0.2) is 25.1 Å². The number of benzene rings is 2. The van der Waals surface area contributed by atoms with Crippen LogP contribution in [0.4, 0.5) is 10.8 Å². The van der Waals surface area contributed by atoms with E-state index in [1.165, 1.54) is 23.1 Å². The van der Waals surface area contributed by atoms with E-state index in [1.807, 2.05) is 17.5 Å². The van der Waals surface area contributed by atoms with Gasteiger partial charge in [0.1, 0.15) is 4.21 Å². The van der Waals surface area contributed by atoms with Crippen LogP contribution in [0.1, 0.15) is 0 Å². The van der Waals surface area contributed by atoms with Gasteiger partial charge in [0.2, 0.25) is 5.91 Å². The van der Waals surface area contributed by atoms with Gasteiger partial charge in [0.25, 0.3) is 10.0 Å². The number of sulfonamides is 1. The first kappa shape index (κ1) is 22.8. The van der Waals surface area contributed by atoms with Crippen LogP contribution in [0.2, 0.25) is 5.02 Å². The summed E-state index contributed by atoms with van der Waals surface area (Å²) in [4.78, 5) is 17.6. The number of nitrogens with one attached hydrogen (secondary N) is 2. The molecular formula is C21H16ClN3O3S4. The van der Waals surface area contributed by atoms with Crippen LogP contribution >= 0.6 is 46.0 Å². The number of thiophene rings is 1. The normalized spacial score (nSPS) is 11.3. The fourth-order valence-corrected chi connectivity index (χ4v) is 6.24. The summed E-state index contributed by atoms with van der Waals surface area (Å²) in [7, 11) is -3.58. The van der Waals surface area contributed by atoms with Crippen LogP contribution < -0.4 is 10.0 Å². The predicted octanol–water partition coefficient (Wildman–Crippen LogP) is 6.06. The Balaban J connectivity index is 1.29. The van der Waals surface area contributed by atoms with E-state index >= 15 is 0 Å². The molecule has 0 aliphatic rings. The van der Waals surface area contributed by atoms with Gasteiger partial charge in [-0.25, -0.2) is 13.4 Å². The van der Waals surface area contributed by atoms with E-state index in [9.17, 15) is 13.2 Å². The van der Waals surface area contributed by atoms with Gasteiger partial charge < -0.3 is 5.32 Å². The number of thiazole rings is 1. The first-order valence-electron chi connectivity index (χ1n) is 9.19. The minimum atomic E-state index is -3.58. The Morgan fingerprint density at radius 1 is 1.03 bits per heavy atom. The van der Waals surface area contributed by atoms with E-state index in [0.717, 1.165) is 27.5 Å². The van der Waals surface area contributed by atoms with Crippen LogP contribution in [0.3, 0.4) is 0 Å². The predicted molar refractivity (Wildman–Crippen MR) is 133 cm³/mol. The molecule has 0 bridgehead atoms. The number of nitrogens with zero attached hydrogens (tertiary/aromatic N) is 1. The third-order valence-electron chi connectivity index (χ3n) is 4.13. The molecule has 2 aromatic carbocycles. The molecule has 0 spiro atoms. The molecule has 0 atom stereocenters. The van der Waals surface area contributed by atoms with Gasteiger partial charge >= 0.3 is 0 Å². The smallest absolute Gasteiger partial charge is 0.271 e. The molecule has 2 heterocycles. The summed E-state index contributed by atoms with van der Waals surface area (Å²) in [6, 6.07) is 17.5. The van der Waals surface area contributed by atoms with Crippen molar-refractivity contribution in [2.75, 3.05) is 15.8 Å². The second-order valence-corrected chi connectivity index (χ2v) is 11.6. The molecule has 11 heteroatoms. The van der Waals surface area contributed by atoms with Crippen molar-refractivity contribution in [3.05, 3.63) is 76.4 Å². The number of amides is 1. The molecular weight excluding hydrogens is 506 g/mol. The van der Waals surface area contributed by atoms with Crippen LogP contribution in [0.5, 0.6) is 0 Å². The lowest BCUT2D eigenvalue weighted by molar-refractivity contribution is -0.113. The molecule has 4 aromatic rings. The Morgan fingerprint density at radius 3 is 2.47 bits per heavy atom. The number of anilines is 2. The zero-order valence-electron chi connectivity index (χ0n) is 16.3. The number of carbonyl (C=O) groups excluding carboxylic acids is 1. The Bertz CT molecular complexity index is 1300. The zero-order valence-corrected chi connectivity index (χ0v) is 20.3. The fraction of sp³-hybridized carbons (Fsp3) is 0.0476. The molecule has 2 N–H and O–H groups in total. The van der Waals surface area contributed by atoms with E-state index in [-0.39, 0.29) is 15.9 Å². The number of rotatable bonds is 8. The van der Waals surface area contributed by atoms with Crippen molar-refractivity contribution in [2.45, 2.75) is 9.10 Å². The highest BCUT2D eigenvalue weighted by atomic mass is 35.5. The van der Waals surface area contributed by atoms with Gasteiger partial charge in [-0.05, 0) is 47.8 Å². The quantitative estimate of drug-likeness (QED) is 0.275. The monoisotopic (exact) mass is 521 g/mol. The molecule has 0 radical (unpaired) electrons. The minimum Gasteiger partial charge on any atom is -0.301 e. The summed E-state index contributed by atoms with van der Waals surface area (Å²) >= 11 is 9.77. The molecule has 0 saturated carbocycles. The number of halogens is 1. The molecule has 164 valence electrons. The molecule has 0 saturated heterocycles. The summed E-state index contributed by atoms with van der Waals surface area (Å²) in [6.45, 7) is 0. The van der Waals surface area contributed by atoms with Crippen LogP contribution in [0, 0.1) is 0 Å². The van der Waals surface area contributed by atoms with Crippen LogP contribution in [0.25, 0.3) is 11.3 Å². The number of hydrogen-bond acceptors (Lipinski definition) is 7. The Morgan fingerprint density at radius 2 is 1.78 bits per heavy atom. The van der Waals surface area contributed by atoms with Gasteiger partial charge in [0, 0.05) is 26.5 Å². The van der Waals surface area contributed by atoms with Crippen molar-refractivity contribution in [3.63, 3.8) is 0 Å². The third kappa shape index (κ3) is 5.90. The second-order valence-electron chi connectivity index (χ2n) is 6.44. The van der Waals surface area contributed by atoms with Crippen molar-refractivity contribution in [1.82, 2.24) is 4.98 Å². The molecule has 6 nitrogen and oxygen atoms in total. The summed E-state index contributed by atoms with van der Waals surface area (Å²) in [5.74, 6) is 0.0327. The van der Waals surface area contributed by atoms with Crippen LogP contribution in [0.15, 0.2) is 80.5 Å². The van der Waals surface area contributed by atoms with E-state index in [0.29, 0.717) is 15.8 Å². The summed E-state index contributed by atoms with van der Waals surface area (Å²) in [5.41, 5.74) is 2.16. The lowest BCUT2D eigenvalue weighted by Crippen LogP contribution is -2.13. The number of carbonyl (C=O) groups is 1. The standard InChI is InChI=1S/C21H16ClN3O3S4/c22-15-5-3-14(4-6-15)18-12-31-21(23-18)24-19(26)13-30-17-9-7-16(8-10-17)25-32(27,28)20-2-1-11-29-20/h1-12,25H,13H2,(H,23,24,26). The average Bonchev–Trinajstić information content (AvgIpc) is 3.47. The molecule has 0 aliphatic heterocycles. The van der Waals surface area contributed by atoms with E-state index < -0.39 is 10.0 Å². The summed E-state index contributed by atoms with van der Waals surface area (Å²) in [5, 5.41) is 7.57. The van der Waals surface area contributed by atoms with E-state index in [4.69, 9.17) is 11.6 Å². The largest absolute Gasteiger partial charge is 0.301 e. The maximum Gasteiger partial charge on any atom is 0.271 e. The number of hydrogen-bond donors (Lipinski definition) is 2. The van der Waals surface area contributed by atoms with Crippen LogP contribution in [-0.2, 0) is 14.8 Å². The zero-order chi connectivity index (χ0) is 22.6. The Kier molecular flexibility index (Phi) is 7.17. The fourth-order valence-electron chi connectivity index (χ4n) is 2.63. The molecule has 0 aliphatic carbocycles. The SMILES string of the molecule is O=C(CSc1ccc(NS(=O)(=O)c2cccs2)cc1)Nc1nc(-c2ccc(Cl)cc2)cs1. The molecule has 0 unspecified atom stereocenters. The number of aromatic nitrogens is 1. The maximum atomic E-state index is 12.3. The Labute approximate surface area is 202 Å². The van der Waals surface area contributed by atoms with Crippen molar-refractivity contribution in [1.29, 1.82) is 0 Å². The average molecular weight is 522 g/mol. The van der Waals surface area contributed by atoms with E-state index in [2.05, 4.69) is 15.0 Å². The summed E-state index contributed by atoms with van der Waals surface area (Å²) in [6.07, 6.45) is 0. The highest BCUT2D eigenvalue weighted by Crippen LogP contribution is 2.27. The first-order chi connectivity index (χ1) is 15.4. The van der Waals surface area contributed by atoms with Gasteiger partial charge in [0.05, 0.1) is 11.4 Å². The third-order valence-corrected chi connectivity index (χ3v) is 8.93. The minimum absolute atomic E-state index is 0.172. The second kappa shape index (κ2) is 10.1. The topological polar surface area (TPSA) is 88.2 Å². The van der Waals surface area contributed by atoms with Crippen molar-refractivity contribution >= 4 is 72.8 Å². The molecule has 32 heavy (non-hydrogen) atoms. The van der Waals surface area contributed by atoms with Crippen molar-refractivity contribution < 1.29 is 13.2 Å². The van der Waals surface area contributed by atoms with Crippen molar-refractivity contribution in [3.8, 4) is 11.3 Å². The molecule has 4 rings (SSSR count). The lowest BCUT2D eigenvalue weighted by atomic mass is 10.2. The van der Waals surface area contributed by atoms with Gasteiger partial charge in [-0.2, -0.15) is 0 Å². The number of thioether (sulfide) groups is 1. The van der Waals surface area contributed by atoms with Gasteiger partial charge in [-0.15, -0.1) is 34.4 Å². The molecule has 2 aromatic heterocycles. The van der Waals surface area contributed by atoms with Crippen molar-refractivity contribution in [2.24, 2.45) is 0 Å². The lowest BCUT2D eigenvalue weighted by Gasteiger charge is -2.07. The maximum absolute atomic E-state index is 12.3. The van der Waals surface area contributed by atoms with Gasteiger partial charge in [-0.3, -0.25) is 9.52 Å². The Hall–Kier alpha value is -2.37. The first-order valence-corrected chi connectivity index (χ1v) is 13.8. The van der Waals surface area contributed by atoms with E-state index in [1.54, 1.807) is 53.9 Å². The van der Waals surface area contributed by atoms with Gasteiger partial charge in [-0.1, -0.05) is 29.8 Å². The summed E-state index contributed by atoms with van der Waals surface area (Å²) < 4.78 is 27.4. The highest BCUT2D eigenvalue weighted by Gasteiger charge is 2.15. The highest BCUT2D eigenvalue weighted by molar-refractivity contribution is 8.00. The van der Waals surface area contributed by atoms with Gasteiger partial charge in [0.15, 0.2) is 5.13 Å². The molecule has 1 amide bonds.